The lowest BCUT2D eigenvalue weighted by atomic mass is 10.1. The Kier molecular flexibility index (Phi) is 6.96. The standard InChI is InChI=1S/C20H20ClNO5/c1-4-19(24)22-16-10-18(26-3)14(9-15(16)21)20(25)27-11-17(23)13-7-5-12(2)6-8-13/h5-10H,4,11H2,1-3H3,(H,22,24). The van der Waals surface area contributed by atoms with Crippen molar-refractivity contribution in [2.24, 2.45) is 0 Å². The van der Waals surface area contributed by atoms with Gasteiger partial charge in [0.1, 0.15) is 11.3 Å². The molecule has 142 valence electrons. The number of methoxy groups -OCH3 is 1. The Morgan fingerprint density at radius 1 is 1.11 bits per heavy atom. The molecule has 2 aromatic rings. The van der Waals surface area contributed by atoms with Gasteiger partial charge in [-0.25, -0.2) is 4.79 Å². The number of halogens is 1. The summed E-state index contributed by atoms with van der Waals surface area (Å²) in [5.41, 5.74) is 1.87. The van der Waals surface area contributed by atoms with E-state index in [0.717, 1.165) is 5.56 Å². The van der Waals surface area contributed by atoms with E-state index < -0.39 is 12.6 Å². The van der Waals surface area contributed by atoms with Crippen LogP contribution in [0.1, 0.15) is 39.6 Å². The molecule has 1 amide bonds. The Labute approximate surface area is 162 Å². The van der Waals surface area contributed by atoms with Gasteiger partial charge in [0.05, 0.1) is 17.8 Å². The molecular weight excluding hydrogens is 370 g/mol. The van der Waals surface area contributed by atoms with E-state index in [-0.39, 0.29) is 34.4 Å². The number of rotatable bonds is 7. The molecule has 0 unspecified atom stereocenters. The topological polar surface area (TPSA) is 81.7 Å². The van der Waals surface area contributed by atoms with Crippen LogP contribution in [0.4, 0.5) is 5.69 Å². The van der Waals surface area contributed by atoms with Crippen LogP contribution < -0.4 is 10.1 Å². The Morgan fingerprint density at radius 2 is 1.78 bits per heavy atom. The summed E-state index contributed by atoms with van der Waals surface area (Å²) < 4.78 is 10.3. The van der Waals surface area contributed by atoms with E-state index in [1.54, 1.807) is 31.2 Å². The van der Waals surface area contributed by atoms with E-state index in [4.69, 9.17) is 21.1 Å². The van der Waals surface area contributed by atoms with Gasteiger partial charge < -0.3 is 14.8 Å². The lowest BCUT2D eigenvalue weighted by Gasteiger charge is -2.13. The summed E-state index contributed by atoms with van der Waals surface area (Å²) in [6.07, 6.45) is 0.281. The van der Waals surface area contributed by atoms with E-state index in [2.05, 4.69) is 5.32 Å². The Hall–Kier alpha value is -2.86. The van der Waals surface area contributed by atoms with Crippen LogP contribution >= 0.6 is 11.6 Å². The van der Waals surface area contributed by atoms with Crippen LogP contribution in [0.3, 0.4) is 0 Å². The largest absolute Gasteiger partial charge is 0.496 e. The first-order valence-corrected chi connectivity index (χ1v) is 8.67. The molecule has 0 aliphatic heterocycles. The van der Waals surface area contributed by atoms with Crippen LogP contribution in [-0.2, 0) is 9.53 Å². The third kappa shape index (κ3) is 5.31. The number of anilines is 1. The zero-order valence-electron chi connectivity index (χ0n) is 15.3. The number of hydrogen-bond donors (Lipinski definition) is 1. The molecule has 0 heterocycles. The zero-order valence-corrected chi connectivity index (χ0v) is 16.1. The van der Waals surface area contributed by atoms with Crippen LogP contribution in [-0.4, -0.2) is 31.4 Å². The average Bonchev–Trinajstić information content (AvgIpc) is 2.67. The van der Waals surface area contributed by atoms with E-state index in [1.165, 1.54) is 19.2 Å². The van der Waals surface area contributed by atoms with Crippen LogP contribution in [0.5, 0.6) is 5.75 Å². The Morgan fingerprint density at radius 3 is 2.37 bits per heavy atom. The van der Waals surface area contributed by atoms with Crippen LogP contribution in [0.2, 0.25) is 5.02 Å². The number of carbonyl (C=O) groups is 3. The van der Waals surface area contributed by atoms with E-state index in [0.29, 0.717) is 11.3 Å². The third-order valence-electron chi connectivity index (χ3n) is 3.81. The van der Waals surface area contributed by atoms with Crippen LogP contribution in [0.15, 0.2) is 36.4 Å². The molecule has 0 aliphatic carbocycles. The lowest BCUT2D eigenvalue weighted by Crippen LogP contribution is -2.16. The number of carbonyl (C=O) groups excluding carboxylic acids is 3. The molecule has 0 atom stereocenters. The summed E-state index contributed by atoms with van der Waals surface area (Å²) in [5.74, 6) is -1.11. The molecule has 2 rings (SSSR count). The maximum Gasteiger partial charge on any atom is 0.342 e. The number of aryl methyl sites for hydroxylation is 1. The summed E-state index contributed by atoms with van der Waals surface area (Å²) in [6, 6.07) is 9.74. The first kappa shape index (κ1) is 20.5. The van der Waals surface area contributed by atoms with E-state index in [9.17, 15) is 14.4 Å². The molecule has 0 fully saturated rings. The monoisotopic (exact) mass is 389 g/mol. The highest BCUT2D eigenvalue weighted by atomic mass is 35.5. The summed E-state index contributed by atoms with van der Waals surface area (Å²) in [7, 11) is 1.38. The number of nitrogens with one attached hydrogen (secondary N) is 1. The fraction of sp³-hybridized carbons (Fsp3) is 0.250. The molecule has 27 heavy (non-hydrogen) atoms. The molecule has 0 radical (unpaired) electrons. The Balaban J connectivity index is 2.13. The van der Waals surface area contributed by atoms with Crippen molar-refractivity contribution in [3.63, 3.8) is 0 Å². The van der Waals surface area contributed by atoms with Crippen molar-refractivity contribution in [2.45, 2.75) is 20.3 Å². The number of Topliss-reactive ketones (excluding diaryl/α,β-unsaturated/α-hetero) is 1. The van der Waals surface area contributed by atoms with Crippen molar-refractivity contribution in [2.75, 3.05) is 19.0 Å². The van der Waals surface area contributed by atoms with Gasteiger partial charge in [0, 0.05) is 18.1 Å². The van der Waals surface area contributed by atoms with Crippen molar-refractivity contribution < 1.29 is 23.9 Å². The van der Waals surface area contributed by atoms with Crippen LogP contribution in [0.25, 0.3) is 0 Å². The minimum Gasteiger partial charge on any atom is -0.496 e. The van der Waals surface area contributed by atoms with Crippen molar-refractivity contribution in [3.05, 3.63) is 58.1 Å². The van der Waals surface area contributed by atoms with Gasteiger partial charge in [-0.05, 0) is 13.0 Å². The third-order valence-corrected chi connectivity index (χ3v) is 4.12. The molecule has 0 saturated heterocycles. The second kappa shape index (κ2) is 9.19. The fourth-order valence-electron chi connectivity index (χ4n) is 2.25. The van der Waals surface area contributed by atoms with Gasteiger partial charge in [-0.15, -0.1) is 0 Å². The second-order valence-electron chi connectivity index (χ2n) is 5.80. The number of benzene rings is 2. The quantitative estimate of drug-likeness (QED) is 0.570. The molecule has 0 aliphatic rings. The smallest absolute Gasteiger partial charge is 0.342 e. The number of amides is 1. The van der Waals surface area contributed by atoms with E-state index >= 15 is 0 Å². The molecule has 0 spiro atoms. The van der Waals surface area contributed by atoms with E-state index in [1.807, 2.05) is 6.92 Å². The highest BCUT2D eigenvalue weighted by Crippen LogP contribution is 2.31. The first-order chi connectivity index (χ1) is 12.8. The van der Waals surface area contributed by atoms with Gasteiger partial charge in [0.25, 0.3) is 0 Å². The van der Waals surface area contributed by atoms with Crippen molar-refractivity contribution in [3.8, 4) is 5.75 Å². The minimum atomic E-state index is -0.748. The summed E-state index contributed by atoms with van der Waals surface area (Å²) >= 11 is 6.13. The molecule has 7 heteroatoms. The number of ether oxygens (including phenoxy) is 2. The molecule has 0 aromatic heterocycles. The van der Waals surface area contributed by atoms with Crippen molar-refractivity contribution in [1.29, 1.82) is 0 Å². The average molecular weight is 390 g/mol. The number of ketones is 1. The molecule has 2 aromatic carbocycles. The fourth-order valence-corrected chi connectivity index (χ4v) is 2.46. The molecule has 6 nitrogen and oxygen atoms in total. The van der Waals surface area contributed by atoms with Gasteiger partial charge in [0.2, 0.25) is 5.91 Å². The normalized spacial score (nSPS) is 10.2. The van der Waals surface area contributed by atoms with Crippen molar-refractivity contribution in [1.82, 2.24) is 0 Å². The SMILES string of the molecule is CCC(=O)Nc1cc(OC)c(C(=O)OCC(=O)c2ccc(C)cc2)cc1Cl. The van der Waals surface area contributed by atoms with Gasteiger partial charge in [-0.1, -0.05) is 48.4 Å². The number of esters is 1. The summed E-state index contributed by atoms with van der Waals surface area (Å²) in [6.45, 7) is 3.21. The zero-order chi connectivity index (χ0) is 20.0. The molecular formula is C20H20ClNO5. The predicted octanol–water partition coefficient (Wildman–Crippen LogP) is 4.05. The highest BCUT2D eigenvalue weighted by molar-refractivity contribution is 6.34. The van der Waals surface area contributed by atoms with Crippen molar-refractivity contribution >= 4 is 34.9 Å². The first-order valence-electron chi connectivity index (χ1n) is 8.30. The van der Waals surface area contributed by atoms with Gasteiger partial charge >= 0.3 is 5.97 Å². The summed E-state index contributed by atoms with van der Waals surface area (Å²) in [4.78, 5) is 36.0. The minimum absolute atomic E-state index is 0.0636. The molecule has 1 N–H and O–H groups in total. The van der Waals surface area contributed by atoms with Gasteiger partial charge in [-0.2, -0.15) is 0 Å². The highest BCUT2D eigenvalue weighted by Gasteiger charge is 2.19. The van der Waals surface area contributed by atoms with Gasteiger partial charge in [-0.3, -0.25) is 9.59 Å². The maximum absolute atomic E-state index is 12.4. The van der Waals surface area contributed by atoms with Crippen LogP contribution in [0, 0.1) is 6.92 Å². The Bertz CT molecular complexity index is 861. The number of hydrogen-bond acceptors (Lipinski definition) is 5. The molecule has 0 saturated carbocycles. The molecule has 0 bridgehead atoms. The second-order valence-corrected chi connectivity index (χ2v) is 6.21. The van der Waals surface area contributed by atoms with Gasteiger partial charge in [0.15, 0.2) is 12.4 Å². The summed E-state index contributed by atoms with van der Waals surface area (Å²) in [5, 5.41) is 2.78. The maximum atomic E-state index is 12.4. The lowest BCUT2D eigenvalue weighted by molar-refractivity contribution is -0.115. The predicted molar refractivity (Wildman–Crippen MR) is 103 cm³/mol.